The van der Waals surface area contributed by atoms with Crippen LogP contribution in [-0.2, 0) is 9.59 Å². The molecule has 0 aromatic carbocycles. The molecule has 0 amide bonds. The molecule has 1 aliphatic heterocycles. The lowest BCUT2D eigenvalue weighted by atomic mass is 10.1. The van der Waals surface area contributed by atoms with Crippen LogP contribution in [0.3, 0.4) is 0 Å². The molecule has 0 aliphatic carbocycles. The SMILES string of the molecule is CC(=O)C[C@H]1CC[C@@H](CC(C)=O)N1C. The molecular weight excluding hydrogens is 178 g/mol. The second-order valence-electron chi connectivity index (χ2n) is 4.36. The number of hydrogen-bond donors (Lipinski definition) is 0. The van der Waals surface area contributed by atoms with Gasteiger partial charge in [-0.2, -0.15) is 0 Å². The van der Waals surface area contributed by atoms with Gasteiger partial charge < -0.3 is 0 Å². The summed E-state index contributed by atoms with van der Waals surface area (Å²) < 4.78 is 0. The van der Waals surface area contributed by atoms with Gasteiger partial charge in [-0.15, -0.1) is 0 Å². The van der Waals surface area contributed by atoms with Crippen molar-refractivity contribution in [1.29, 1.82) is 0 Å². The van der Waals surface area contributed by atoms with E-state index in [4.69, 9.17) is 0 Å². The van der Waals surface area contributed by atoms with Crippen LogP contribution in [0.2, 0.25) is 0 Å². The van der Waals surface area contributed by atoms with Gasteiger partial charge in [-0.25, -0.2) is 0 Å². The van der Waals surface area contributed by atoms with Gasteiger partial charge in [0.1, 0.15) is 11.6 Å². The maximum absolute atomic E-state index is 11.0. The minimum absolute atomic E-state index is 0.241. The number of Topliss-reactive ketones (excluding diaryl/α,β-unsaturated/α-hetero) is 2. The number of carbonyl (C=O) groups excluding carboxylic acids is 2. The zero-order chi connectivity index (χ0) is 10.7. The Kier molecular flexibility index (Phi) is 3.81. The van der Waals surface area contributed by atoms with Gasteiger partial charge in [-0.1, -0.05) is 0 Å². The minimum atomic E-state index is 0.241. The number of rotatable bonds is 4. The Morgan fingerprint density at radius 1 is 1.07 bits per heavy atom. The molecule has 1 rings (SSSR count). The predicted molar refractivity (Wildman–Crippen MR) is 55.2 cm³/mol. The van der Waals surface area contributed by atoms with Gasteiger partial charge >= 0.3 is 0 Å². The lowest BCUT2D eigenvalue weighted by Crippen LogP contribution is -2.34. The first-order valence-corrected chi connectivity index (χ1v) is 5.21. The summed E-state index contributed by atoms with van der Waals surface area (Å²) in [5.74, 6) is 0.482. The van der Waals surface area contributed by atoms with E-state index in [9.17, 15) is 9.59 Å². The van der Waals surface area contributed by atoms with Gasteiger partial charge in [-0.05, 0) is 33.7 Å². The molecule has 1 saturated heterocycles. The maximum atomic E-state index is 11.0. The zero-order valence-corrected chi connectivity index (χ0v) is 9.25. The number of carbonyl (C=O) groups is 2. The van der Waals surface area contributed by atoms with Crippen LogP contribution in [-0.4, -0.2) is 35.6 Å². The van der Waals surface area contributed by atoms with Gasteiger partial charge in [0, 0.05) is 24.9 Å². The molecule has 3 heteroatoms. The van der Waals surface area contributed by atoms with Crippen molar-refractivity contribution >= 4 is 11.6 Å². The second kappa shape index (κ2) is 4.69. The largest absolute Gasteiger partial charge is 0.300 e. The Hall–Kier alpha value is -0.700. The average Bonchev–Trinajstić information content (AvgIpc) is 2.34. The molecule has 0 N–H and O–H groups in total. The van der Waals surface area contributed by atoms with Crippen molar-refractivity contribution in [3.8, 4) is 0 Å². The monoisotopic (exact) mass is 197 g/mol. The van der Waals surface area contributed by atoms with E-state index in [0.29, 0.717) is 24.9 Å². The van der Waals surface area contributed by atoms with Gasteiger partial charge in [-0.3, -0.25) is 14.5 Å². The maximum Gasteiger partial charge on any atom is 0.131 e. The van der Waals surface area contributed by atoms with E-state index in [0.717, 1.165) is 12.8 Å². The third kappa shape index (κ3) is 2.91. The van der Waals surface area contributed by atoms with E-state index in [2.05, 4.69) is 4.90 Å². The first kappa shape index (κ1) is 11.4. The predicted octanol–water partition coefficient (Wildman–Crippen LogP) is 1.41. The summed E-state index contributed by atoms with van der Waals surface area (Å²) in [5.41, 5.74) is 0. The Bertz CT molecular complexity index is 213. The zero-order valence-electron chi connectivity index (χ0n) is 9.25. The highest BCUT2D eigenvalue weighted by Gasteiger charge is 2.31. The molecule has 2 atom stereocenters. The standard InChI is InChI=1S/C11H19NO2/c1-8(13)6-10-4-5-11(12(10)3)7-9(2)14/h10-11H,4-7H2,1-3H3/t10-,11+. The molecule has 1 heterocycles. The van der Waals surface area contributed by atoms with Crippen LogP contribution in [0.1, 0.15) is 39.5 Å². The fourth-order valence-electron chi connectivity index (χ4n) is 2.25. The van der Waals surface area contributed by atoms with E-state index >= 15 is 0 Å². The van der Waals surface area contributed by atoms with E-state index in [1.807, 2.05) is 7.05 Å². The molecule has 3 nitrogen and oxygen atoms in total. The molecule has 1 fully saturated rings. The molecule has 0 aromatic rings. The molecule has 0 spiro atoms. The molecule has 0 aromatic heterocycles. The van der Waals surface area contributed by atoms with Crippen molar-refractivity contribution in [2.75, 3.05) is 7.05 Å². The van der Waals surface area contributed by atoms with Crippen molar-refractivity contribution in [3.05, 3.63) is 0 Å². The number of nitrogens with zero attached hydrogens (tertiary/aromatic N) is 1. The third-order valence-corrected chi connectivity index (χ3v) is 3.03. The molecule has 0 unspecified atom stereocenters. The van der Waals surface area contributed by atoms with Crippen LogP contribution in [0, 0.1) is 0 Å². The Morgan fingerprint density at radius 2 is 1.43 bits per heavy atom. The third-order valence-electron chi connectivity index (χ3n) is 3.03. The number of hydrogen-bond acceptors (Lipinski definition) is 3. The highest BCUT2D eigenvalue weighted by Crippen LogP contribution is 2.26. The van der Waals surface area contributed by atoms with Crippen LogP contribution in [0.5, 0.6) is 0 Å². The number of likely N-dealkylation sites (tertiary alicyclic amines) is 1. The minimum Gasteiger partial charge on any atom is -0.300 e. The molecule has 0 radical (unpaired) electrons. The van der Waals surface area contributed by atoms with E-state index in [-0.39, 0.29) is 11.6 Å². The van der Waals surface area contributed by atoms with Crippen LogP contribution in [0.25, 0.3) is 0 Å². The lowest BCUT2D eigenvalue weighted by Gasteiger charge is -2.24. The molecule has 1 aliphatic rings. The summed E-state index contributed by atoms with van der Waals surface area (Å²) in [6.45, 7) is 3.26. The molecule has 80 valence electrons. The Balaban J connectivity index is 2.46. The summed E-state index contributed by atoms with van der Waals surface area (Å²) in [6.07, 6.45) is 3.36. The van der Waals surface area contributed by atoms with Crippen molar-refractivity contribution in [2.45, 2.75) is 51.6 Å². The molecule has 0 saturated carbocycles. The van der Waals surface area contributed by atoms with Crippen molar-refractivity contribution in [3.63, 3.8) is 0 Å². The average molecular weight is 197 g/mol. The summed E-state index contributed by atoms with van der Waals surface area (Å²) >= 11 is 0. The quantitative estimate of drug-likeness (QED) is 0.683. The van der Waals surface area contributed by atoms with Crippen molar-refractivity contribution in [2.24, 2.45) is 0 Å². The molecule has 14 heavy (non-hydrogen) atoms. The summed E-state index contributed by atoms with van der Waals surface area (Å²) in [4.78, 5) is 24.2. The summed E-state index contributed by atoms with van der Waals surface area (Å²) in [7, 11) is 2.02. The highest BCUT2D eigenvalue weighted by molar-refractivity contribution is 5.77. The fraction of sp³-hybridized carbons (Fsp3) is 0.818. The van der Waals surface area contributed by atoms with Gasteiger partial charge in [0.25, 0.3) is 0 Å². The Morgan fingerprint density at radius 3 is 1.71 bits per heavy atom. The van der Waals surface area contributed by atoms with Gasteiger partial charge in [0.2, 0.25) is 0 Å². The van der Waals surface area contributed by atoms with E-state index in [1.165, 1.54) is 0 Å². The second-order valence-corrected chi connectivity index (χ2v) is 4.36. The van der Waals surface area contributed by atoms with Crippen molar-refractivity contribution < 1.29 is 9.59 Å². The molecule has 0 bridgehead atoms. The van der Waals surface area contributed by atoms with Crippen LogP contribution < -0.4 is 0 Å². The number of ketones is 2. The molecular formula is C11H19NO2. The van der Waals surface area contributed by atoms with E-state index < -0.39 is 0 Å². The fourth-order valence-corrected chi connectivity index (χ4v) is 2.25. The Labute approximate surface area is 85.5 Å². The lowest BCUT2D eigenvalue weighted by molar-refractivity contribution is -0.118. The van der Waals surface area contributed by atoms with Gasteiger partial charge in [0.15, 0.2) is 0 Å². The topological polar surface area (TPSA) is 37.4 Å². The van der Waals surface area contributed by atoms with Crippen LogP contribution in [0.15, 0.2) is 0 Å². The van der Waals surface area contributed by atoms with Gasteiger partial charge in [0.05, 0.1) is 0 Å². The summed E-state index contributed by atoms with van der Waals surface area (Å²) in [6, 6.07) is 0.716. The smallest absolute Gasteiger partial charge is 0.131 e. The summed E-state index contributed by atoms with van der Waals surface area (Å²) in [5, 5.41) is 0. The highest BCUT2D eigenvalue weighted by atomic mass is 16.1. The van der Waals surface area contributed by atoms with Crippen LogP contribution in [0.4, 0.5) is 0 Å². The van der Waals surface area contributed by atoms with Crippen molar-refractivity contribution in [1.82, 2.24) is 4.90 Å². The van der Waals surface area contributed by atoms with Crippen LogP contribution >= 0.6 is 0 Å². The normalized spacial score (nSPS) is 27.9. The first-order valence-electron chi connectivity index (χ1n) is 5.21. The first-order chi connectivity index (χ1) is 6.50. The van der Waals surface area contributed by atoms with E-state index in [1.54, 1.807) is 13.8 Å².